The number of rotatable bonds is 6. The van der Waals surface area contributed by atoms with Crippen molar-refractivity contribution in [2.24, 2.45) is 23.7 Å². The van der Waals surface area contributed by atoms with Crippen LogP contribution in [0.25, 0.3) is 0 Å². The molecule has 3 heterocycles. The number of hydrogen-bond acceptors (Lipinski definition) is 6. The predicted octanol–water partition coefficient (Wildman–Crippen LogP) is 1.86. The van der Waals surface area contributed by atoms with Gasteiger partial charge in [0.05, 0.1) is 19.9 Å². The van der Waals surface area contributed by atoms with Crippen LogP contribution >= 0.6 is 0 Å². The predicted molar refractivity (Wildman–Crippen MR) is 122 cm³/mol. The fourth-order valence-corrected chi connectivity index (χ4v) is 5.00. The number of nitrogens with zero attached hydrogens (tertiary/aromatic N) is 1. The molecule has 2 N–H and O–H groups in total. The van der Waals surface area contributed by atoms with Gasteiger partial charge in [-0.15, -0.1) is 0 Å². The third-order valence-electron chi connectivity index (χ3n) is 7.05. The molecule has 2 amide bonds. The number of methoxy groups -OCH3 is 1. The van der Waals surface area contributed by atoms with Crippen LogP contribution in [-0.4, -0.2) is 62.2 Å². The van der Waals surface area contributed by atoms with Crippen molar-refractivity contribution < 1.29 is 28.2 Å². The zero-order valence-corrected chi connectivity index (χ0v) is 19.4. The highest BCUT2D eigenvalue weighted by molar-refractivity contribution is 5.98. The Morgan fingerprint density at radius 2 is 1.91 bits per heavy atom. The van der Waals surface area contributed by atoms with Gasteiger partial charge in [-0.05, 0) is 73.8 Å². The first-order valence-corrected chi connectivity index (χ1v) is 11.9. The van der Waals surface area contributed by atoms with Crippen LogP contribution in [0, 0.1) is 29.5 Å². The quantitative estimate of drug-likeness (QED) is 0.372. The first-order chi connectivity index (χ1) is 16.4. The van der Waals surface area contributed by atoms with Gasteiger partial charge in [-0.25, -0.2) is 4.39 Å². The minimum atomic E-state index is -0.772. The Bertz CT molecular complexity index is 914. The summed E-state index contributed by atoms with van der Waals surface area (Å²) in [5.41, 5.74) is 0. The Morgan fingerprint density at radius 1 is 1.18 bits per heavy atom. The fraction of sp³-hybridized carbons (Fsp3) is 0.560. The summed E-state index contributed by atoms with van der Waals surface area (Å²) in [6.07, 6.45) is 6.42. The SMILES string of the molecule is COC(=O)C1CC2CC(/C=C/C(=O)N3CCC(COc4ccc(F)cc4)CC3)CNC2NC1=O. The molecular weight excluding hydrogens is 441 g/mol. The molecule has 1 aromatic rings. The number of fused-ring (bicyclic) bond motifs is 1. The number of ether oxygens (including phenoxy) is 2. The highest BCUT2D eigenvalue weighted by Gasteiger charge is 2.42. The first kappa shape index (κ1) is 24.2. The minimum Gasteiger partial charge on any atom is -0.493 e. The van der Waals surface area contributed by atoms with Gasteiger partial charge in [-0.1, -0.05) is 6.08 Å². The Labute approximate surface area is 198 Å². The van der Waals surface area contributed by atoms with E-state index in [1.807, 2.05) is 11.0 Å². The molecule has 3 saturated heterocycles. The average Bonchev–Trinajstić information content (AvgIpc) is 2.86. The van der Waals surface area contributed by atoms with Crippen LogP contribution in [0.3, 0.4) is 0 Å². The first-order valence-electron chi connectivity index (χ1n) is 11.9. The standard InChI is InChI=1S/C25H32FN3O5/c1-33-25(32)21-13-18-12-17(14-27-23(18)28-24(21)31)2-7-22(30)29-10-8-16(9-11-29)15-34-20-5-3-19(26)4-6-20/h2-7,16-18,21,23,27H,8-15H2,1H3,(H,28,31)/b7-2+. The number of halogens is 1. The summed E-state index contributed by atoms with van der Waals surface area (Å²) in [6.45, 7) is 2.59. The monoisotopic (exact) mass is 473 g/mol. The molecule has 184 valence electrons. The molecule has 34 heavy (non-hydrogen) atoms. The average molecular weight is 474 g/mol. The lowest BCUT2D eigenvalue weighted by atomic mass is 9.79. The van der Waals surface area contributed by atoms with Gasteiger partial charge in [0.2, 0.25) is 11.8 Å². The maximum absolute atomic E-state index is 13.0. The van der Waals surface area contributed by atoms with Crippen molar-refractivity contribution in [2.75, 3.05) is 33.4 Å². The molecule has 4 rings (SSSR count). The smallest absolute Gasteiger partial charge is 0.318 e. The molecule has 3 aliphatic heterocycles. The van der Waals surface area contributed by atoms with Crippen molar-refractivity contribution in [1.82, 2.24) is 15.5 Å². The van der Waals surface area contributed by atoms with Crippen LogP contribution < -0.4 is 15.4 Å². The molecule has 0 bridgehead atoms. The number of esters is 1. The summed E-state index contributed by atoms with van der Waals surface area (Å²) in [7, 11) is 1.29. The number of hydrogen-bond donors (Lipinski definition) is 2. The van der Waals surface area contributed by atoms with Crippen molar-refractivity contribution in [1.29, 1.82) is 0 Å². The van der Waals surface area contributed by atoms with E-state index in [9.17, 15) is 18.8 Å². The number of carbonyl (C=O) groups is 3. The van der Waals surface area contributed by atoms with Crippen molar-refractivity contribution in [3.63, 3.8) is 0 Å². The Hall–Kier alpha value is -2.94. The Kier molecular flexibility index (Phi) is 7.82. The van der Waals surface area contributed by atoms with Crippen LogP contribution in [0.15, 0.2) is 36.4 Å². The molecule has 9 heteroatoms. The third kappa shape index (κ3) is 5.94. The molecule has 0 saturated carbocycles. The van der Waals surface area contributed by atoms with Gasteiger partial charge in [-0.2, -0.15) is 0 Å². The molecule has 0 radical (unpaired) electrons. The number of benzene rings is 1. The Morgan fingerprint density at radius 3 is 2.62 bits per heavy atom. The highest BCUT2D eigenvalue weighted by Crippen LogP contribution is 2.31. The molecule has 0 spiro atoms. The van der Waals surface area contributed by atoms with E-state index >= 15 is 0 Å². The van der Waals surface area contributed by atoms with Gasteiger partial charge in [0.1, 0.15) is 17.5 Å². The summed E-state index contributed by atoms with van der Waals surface area (Å²) in [5, 5.41) is 6.19. The number of nitrogens with one attached hydrogen (secondary N) is 2. The van der Waals surface area contributed by atoms with Crippen molar-refractivity contribution in [3.05, 3.63) is 42.2 Å². The lowest BCUT2D eigenvalue weighted by Crippen LogP contribution is -2.61. The molecule has 1 aromatic carbocycles. The lowest BCUT2D eigenvalue weighted by molar-refractivity contribution is -0.153. The molecule has 8 nitrogen and oxygen atoms in total. The fourth-order valence-electron chi connectivity index (χ4n) is 5.00. The molecule has 3 aliphatic rings. The van der Waals surface area contributed by atoms with Crippen LogP contribution in [0.5, 0.6) is 5.75 Å². The van der Waals surface area contributed by atoms with E-state index in [1.165, 1.54) is 19.2 Å². The summed E-state index contributed by atoms with van der Waals surface area (Å²) in [4.78, 5) is 38.6. The lowest BCUT2D eigenvalue weighted by Gasteiger charge is -2.41. The van der Waals surface area contributed by atoms with Gasteiger partial charge in [0.15, 0.2) is 0 Å². The summed E-state index contributed by atoms with van der Waals surface area (Å²) in [6, 6.07) is 6.01. The van der Waals surface area contributed by atoms with Crippen molar-refractivity contribution >= 4 is 17.8 Å². The number of amides is 2. The topological polar surface area (TPSA) is 97.0 Å². The summed E-state index contributed by atoms with van der Waals surface area (Å²) in [5.74, 6) is -0.575. The van der Waals surface area contributed by atoms with Gasteiger partial charge in [0, 0.05) is 19.6 Å². The van der Waals surface area contributed by atoms with E-state index in [0.29, 0.717) is 44.3 Å². The van der Waals surface area contributed by atoms with Gasteiger partial charge in [0.25, 0.3) is 0 Å². The van der Waals surface area contributed by atoms with Crippen molar-refractivity contribution in [2.45, 2.75) is 31.8 Å². The van der Waals surface area contributed by atoms with E-state index in [1.54, 1.807) is 18.2 Å². The van der Waals surface area contributed by atoms with Crippen LogP contribution in [0.4, 0.5) is 4.39 Å². The van der Waals surface area contributed by atoms with E-state index in [2.05, 4.69) is 10.6 Å². The molecular formula is C25H32FN3O5. The third-order valence-corrected chi connectivity index (χ3v) is 7.05. The van der Waals surface area contributed by atoms with Crippen molar-refractivity contribution in [3.8, 4) is 5.75 Å². The van der Waals surface area contributed by atoms with Gasteiger partial charge >= 0.3 is 5.97 Å². The number of piperidine rings is 3. The van der Waals surface area contributed by atoms with E-state index in [-0.39, 0.29) is 35.6 Å². The molecule has 4 unspecified atom stereocenters. The second-order valence-corrected chi connectivity index (χ2v) is 9.35. The second kappa shape index (κ2) is 11.0. The maximum atomic E-state index is 13.0. The van der Waals surface area contributed by atoms with Crippen LogP contribution in [0.2, 0.25) is 0 Å². The van der Waals surface area contributed by atoms with Gasteiger partial charge in [-0.3, -0.25) is 19.7 Å². The zero-order valence-electron chi connectivity index (χ0n) is 19.4. The zero-order chi connectivity index (χ0) is 24.1. The number of carbonyl (C=O) groups excluding carboxylic acids is 3. The van der Waals surface area contributed by atoms with Crippen LogP contribution in [0.1, 0.15) is 25.7 Å². The molecule has 0 aliphatic carbocycles. The number of likely N-dealkylation sites (tertiary alicyclic amines) is 1. The summed E-state index contributed by atoms with van der Waals surface area (Å²) >= 11 is 0. The van der Waals surface area contributed by atoms with E-state index in [4.69, 9.17) is 9.47 Å². The van der Waals surface area contributed by atoms with Crippen LogP contribution in [-0.2, 0) is 19.1 Å². The van der Waals surface area contributed by atoms with E-state index in [0.717, 1.165) is 19.3 Å². The Balaban J connectivity index is 1.21. The minimum absolute atomic E-state index is 0.00408. The largest absolute Gasteiger partial charge is 0.493 e. The maximum Gasteiger partial charge on any atom is 0.318 e. The van der Waals surface area contributed by atoms with E-state index < -0.39 is 11.9 Å². The van der Waals surface area contributed by atoms with Gasteiger partial charge < -0.3 is 19.7 Å². The highest BCUT2D eigenvalue weighted by atomic mass is 19.1. The molecule has 0 aromatic heterocycles. The second-order valence-electron chi connectivity index (χ2n) is 9.35. The normalized spacial score (nSPS) is 27.7. The molecule has 4 atom stereocenters. The molecule has 3 fully saturated rings. The summed E-state index contributed by atoms with van der Waals surface area (Å²) < 4.78 is 23.5.